The molecule has 0 spiro atoms. The van der Waals surface area contributed by atoms with Crippen molar-refractivity contribution in [2.24, 2.45) is 0 Å². The minimum atomic E-state index is 0.469. The molecule has 16 heavy (non-hydrogen) atoms. The van der Waals surface area contributed by atoms with Crippen LogP contribution in [0.2, 0.25) is 0 Å². The molecular formula is C10H15N5O. The predicted molar refractivity (Wildman–Crippen MR) is 58.7 cm³/mol. The maximum atomic E-state index is 5.55. The van der Waals surface area contributed by atoms with E-state index in [1.807, 2.05) is 0 Å². The Morgan fingerprint density at radius 3 is 3.06 bits per heavy atom. The van der Waals surface area contributed by atoms with Gasteiger partial charge in [0.25, 0.3) is 0 Å². The molecule has 0 aromatic carbocycles. The van der Waals surface area contributed by atoms with E-state index in [0.717, 1.165) is 25.1 Å². The minimum Gasteiger partial charge on any atom is -0.396 e. The Kier molecular flexibility index (Phi) is 3.19. The number of hydrogen-bond donors (Lipinski definition) is 1. The number of unbranched alkanes of at least 4 members (excludes halogenated alkanes) is 1. The molecular weight excluding hydrogens is 206 g/mol. The molecule has 2 rings (SSSR count). The first-order valence-corrected chi connectivity index (χ1v) is 5.37. The maximum absolute atomic E-state index is 5.55. The van der Waals surface area contributed by atoms with Gasteiger partial charge in [-0.25, -0.2) is 0 Å². The predicted octanol–water partition coefficient (Wildman–Crippen LogP) is 1.24. The van der Waals surface area contributed by atoms with Crippen LogP contribution in [0.15, 0.2) is 16.9 Å². The molecule has 0 aliphatic heterocycles. The van der Waals surface area contributed by atoms with E-state index in [9.17, 15) is 0 Å². The number of aromatic nitrogens is 4. The Morgan fingerprint density at radius 2 is 2.38 bits per heavy atom. The van der Waals surface area contributed by atoms with Gasteiger partial charge in [-0.2, -0.15) is 10.1 Å². The zero-order chi connectivity index (χ0) is 11.4. The second kappa shape index (κ2) is 4.78. The van der Waals surface area contributed by atoms with Crippen LogP contribution in [-0.2, 0) is 13.0 Å². The van der Waals surface area contributed by atoms with Crippen molar-refractivity contribution in [2.75, 3.05) is 5.73 Å². The number of hydrogen-bond acceptors (Lipinski definition) is 5. The van der Waals surface area contributed by atoms with Gasteiger partial charge in [0.05, 0.1) is 11.9 Å². The first kappa shape index (κ1) is 10.7. The molecule has 86 valence electrons. The number of nitrogens with two attached hydrogens (primary N) is 1. The fourth-order valence-corrected chi connectivity index (χ4v) is 1.40. The number of nitrogen functional groups attached to an aromatic ring is 1. The van der Waals surface area contributed by atoms with E-state index < -0.39 is 0 Å². The molecule has 0 saturated carbocycles. The molecule has 0 radical (unpaired) electrons. The monoisotopic (exact) mass is 221 g/mol. The summed E-state index contributed by atoms with van der Waals surface area (Å²) in [5, 5.41) is 7.94. The molecule has 0 atom stereocenters. The van der Waals surface area contributed by atoms with Gasteiger partial charge < -0.3 is 10.3 Å². The van der Waals surface area contributed by atoms with Crippen molar-refractivity contribution in [1.29, 1.82) is 0 Å². The Hall–Kier alpha value is -1.85. The molecule has 0 fully saturated rings. The standard InChI is InChI=1S/C10H15N5O/c1-2-3-4-9-13-10(16-14-9)7-15-6-8(11)5-12-15/h5-6H,2-4,7,11H2,1H3. The zero-order valence-corrected chi connectivity index (χ0v) is 9.26. The quantitative estimate of drug-likeness (QED) is 0.821. The largest absolute Gasteiger partial charge is 0.396 e. The van der Waals surface area contributed by atoms with Crippen LogP contribution in [0.5, 0.6) is 0 Å². The van der Waals surface area contributed by atoms with E-state index in [1.165, 1.54) is 0 Å². The molecule has 0 aliphatic carbocycles. The van der Waals surface area contributed by atoms with Gasteiger partial charge in [0.1, 0.15) is 6.54 Å². The van der Waals surface area contributed by atoms with Gasteiger partial charge in [-0.1, -0.05) is 18.5 Å². The van der Waals surface area contributed by atoms with Crippen LogP contribution >= 0.6 is 0 Å². The van der Waals surface area contributed by atoms with Crippen molar-refractivity contribution in [2.45, 2.75) is 32.7 Å². The summed E-state index contributed by atoms with van der Waals surface area (Å²) in [4.78, 5) is 4.27. The first-order valence-electron chi connectivity index (χ1n) is 5.37. The van der Waals surface area contributed by atoms with Crippen molar-refractivity contribution in [1.82, 2.24) is 19.9 Å². The minimum absolute atomic E-state index is 0.469. The van der Waals surface area contributed by atoms with E-state index in [4.69, 9.17) is 10.3 Å². The van der Waals surface area contributed by atoms with Crippen LogP contribution in [0.4, 0.5) is 5.69 Å². The molecule has 0 saturated heterocycles. The summed E-state index contributed by atoms with van der Waals surface area (Å²) in [6.07, 6.45) is 6.39. The number of aryl methyl sites for hydroxylation is 1. The lowest BCUT2D eigenvalue weighted by atomic mass is 10.2. The lowest BCUT2D eigenvalue weighted by Crippen LogP contribution is -2.00. The molecule has 6 nitrogen and oxygen atoms in total. The highest BCUT2D eigenvalue weighted by atomic mass is 16.5. The highest BCUT2D eigenvalue weighted by Crippen LogP contribution is 2.05. The average Bonchev–Trinajstić information content (AvgIpc) is 2.86. The van der Waals surface area contributed by atoms with Gasteiger partial charge in [-0.15, -0.1) is 0 Å². The van der Waals surface area contributed by atoms with E-state index in [2.05, 4.69) is 22.2 Å². The summed E-state index contributed by atoms with van der Waals surface area (Å²) in [6.45, 7) is 2.60. The molecule has 2 aromatic heterocycles. The molecule has 2 N–H and O–H groups in total. The van der Waals surface area contributed by atoms with Gasteiger partial charge >= 0.3 is 0 Å². The number of nitrogens with zero attached hydrogens (tertiary/aromatic N) is 4. The third kappa shape index (κ3) is 2.59. The maximum Gasteiger partial charge on any atom is 0.248 e. The molecule has 0 bridgehead atoms. The van der Waals surface area contributed by atoms with Crippen LogP contribution < -0.4 is 5.73 Å². The van der Waals surface area contributed by atoms with Crippen LogP contribution in [0.25, 0.3) is 0 Å². The van der Waals surface area contributed by atoms with Crippen molar-refractivity contribution in [3.8, 4) is 0 Å². The van der Waals surface area contributed by atoms with Crippen LogP contribution in [0, 0.1) is 0 Å². The van der Waals surface area contributed by atoms with E-state index >= 15 is 0 Å². The molecule has 2 aromatic rings. The van der Waals surface area contributed by atoms with Crippen molar-refractivity contribution >= 4 is 5.69 Å². The summed E-state index contributed by atoms with van der Waals surface area (Å²) < 4.78 is 6.79. The lowest BCUT2D eigenvalue weighted by molar-refractivity contribution is 0.361. The third-order valence-electron chi connectivity index (χ3n) is 2.21. The summed E-state index contributed by atoms with van der Waals surface area (Å²) >= 11 is 0. The molecule has 0 amide bonds. The molecule has 2 heterocycles. The third-order valence-corrected chi connectivity index (χ3v) is 2.21. The normalized spacial score (nSPS) is 10.8. The molecule has 0 aliphatic rings. The zero-order valence-electron chi connectivity index (χ0n) is 9.26. The smallest absolute Gasteiger partial charge is 0.248 e. The Morgan fingerprint density at radius 1 is 1.50 bits per heavy atom. The second-order valence-corrected chi connectivity index (χ2v) is 3.68. The Bertz CT molecular complexity index is 448. The highest BCUT2D eigenvalue weighted by molar-refractivity contribution is 5.30. The number of anilines is 1. The fourth-order valence-electron chi connectivity index (χ4n) is 1.40. The lowest BCUT2D eigenvalue weighted by Gasteiger charge is -1.93. The van der Waals surface area contributed by atoms with E-state index in [-0.39, 0.29) is 0 Å². The van der Waals surface area contributed by atoms with Crippen LogP contribution in [-0.4, -0.2) is 19.9 Å². The number of rotatable bonds is 5. The Balaban J connectivity index is 1.97. The van der Waals surface area contributed by atoms with Gasteiger partial charge in [-0.05, 0) is 6.42 Å². The van der Waals surface area contributed by atoms with Crippen molar-refractivity contribution < 1.29 is 4.52 Å². The topological polar surface area (TPSA) is 82.8 Å². The average molecular weight is 221 g/mol. The van der Waals surface area contributed by atoms with E-state index in [1.54, 1.807) is 17.1 Å². The first-order chi connectivity index (χ1) is 7.78. The highest BCUT2D eigenvalue weighted by Gasteiger charge is 2.06. The van der Waals surface area contributed by atoms with Crippen molar-refractivity contribution in [3.63, 3.8) is 0 Å². The van der Waals surface area contributed by atoms with Gasteiger partial charge in [-0.3, -0.25) is 4.68 Å². The van der Waals surface area contributed by atoms with E-state index in [0.29, 0.717) is 18.1 Å². The summed E-state index contributed by atoms with van der Waals surface area (Å²) in [7, 11) is 0. The van der Waals surface area contributed by atoms with Crippen molar-refractivity contribution in [3.05, 3.63) is 24.1 Å². The SMILES string of the molecule is CCCCc1noc(Cn2cc(N)cn2)n1. The van der Waals surface area contributed by atoms with Gasteiger partial charge in [0, 0.05) is 12.6 Å². The van der Waals surface area contributed by atoms with Crippen LogP contribution in [0.3, 0.4) is 0 Å². The Labute approximate surface area is 93.4 Å². The summed E-state index contributed by atoms with van der Waals surface area (Å²) in [5.74, 6) is 1.33. The summed E-state index contributed by atoms with van der Waals surface area (Å²) in [6, 6.07) is 0. The van der Waals surface area contributed by atoms with Gasteiger partial charge in [0.15, 0.2) is 5.82 Å². The van der Waals surface area contributed by atoms with Gasteiger partial charge in [0.2, 0.25) is 5.89 Å². The van der Waals surface area contributed by atoms with Crippen LogP contribution in [0.1, 0.15) is 31.5 Å². The second-order valence-electron chi connectivity index (χ2n) is 3.68. The fraction of sp³-hybridized carbons (Fsp3) is 0.500. The molecule has 0 unspecified atom stereocenters. The summed E-state index contributed by atoms with van der Waals surface area (Å²) in [5.41, 5.74) is 6.18. The molecule has 6 heteroatoms.